The molecular formula is C43H64N2O. The van der Waals surface area contributed by atoms with Crippen LogP contribution in [0.2, 0.25) is 0 Å². The number of aliphatic imine (C=N–C) groups is 1. The molecule has 252 valence electrons. The predicted molar refractivity (Wildman–Crippen MR) is 205 cm³/mol. The van der Waals surface area contributed by atoms with Crippen molar-refractivity contribution in [2.45, 2.75) is 109 Å². The lowest BCUT2D eigenvalue weighted by molar-refractivity contribution is 0.408. The molecule has 0 fully saturated rings. The van der Waals surface area contributed by atoms with E-state index in [-0.39, 0.29) is 7.43 Å². The highest BCUT2D eigenvalue weighted by Gasteiger charge is 2.14. The average Bonchev–Trinajstić information content (AvgIpc) is 3.59. The number of aromatic hydroxyl groups is 1. The monoisotopic (exact) mass is 625 g/mol. The van der Waals surface area contributed by atoms with Crippen molar-refractivity contribution in [3.8, 4) is 5.75 Å². The van der Waals surface area contributed by atoms with E-state index < -0.39 is 0 Å². The zero-order valence-corrected chi connectivity index (χ0v) is 29.8. The van der Waals surface area contributed by atoms with Gasteiger partial charge >= 0.3 is 0 Å². The highest BCUT2D eigenvalue weighted by Crippen LogP contribution is 2.27. The van der Waals surface area contributed by atoms with Crippen LogP contribution in [0.3, 0.4) is 0 Å². The smallest absolute Gasteiger partial charge is 0.115 e. The van der Waals surface area contributed by atoms with Crippen LogP contribution >= 0.6 is 0 Å². The second kappa shape index (κ2) is 19.8. The number of phenols is 1. The highest BCUT2D eigenvalue weighted by atomic mass is 16.3. The van der Waals surface area contributed by atoms with Crippen molar-refractivity contribution in [3.05, 3.63) is 114 Å². The zero-order chi connectivity index (χ0) is 33.5. The Morgan fingerprint density at radius 2 is 1.22 bits per heavy atom. The van der Waals surface area contributed by atoms with E-state index in [9.17, 15) is 0 Å². The first-order valence-corrected chi connectivity index (χ1v) is 16.7. The minimum Gasteiger partial charge on any atom is -0.508 e. The number of H-pyrrole nitrogens is 1. The lowest BCUT2D eigenvalue weighted by Crippen LogP contribution is -2.08. The number of nitrogens with one attached hydrogen (secondary N) is 1. The molecule has 1 aliphatic rings. The summed E-state index contributed by atoms with van der Waals surface area (Å²) in [4.78, 5) is 7.57. The SMILES string of the molecule is C.CC(C)(C)CC1=CCC=N1.CC(C)(C)Cc1c[nH]c2ccccc12.CC(C)Cc1ccc(O)cc1.CC(C)Cc1ccccc1. The van der Waals surface area contributed by atoms with E-state index in [2.05, 4.69) is 146 Å². The van der Waals surface area contributed by atoms with Gasteiger partial charge in [0.15, 0.2) is 0 Å². The highest BCUT2D eigenvalue weighted by molar-refractivity contribution is 5.83. The maximum atomic E-state index is 8.99. The summed E-state index contributed by atoms with van der Waals surface area (Å²) in [5.41, 5.74) is 7.39. The number of para-hydroxylation sites is 1. The number of fused-ring (bicyclic) bond motifs is 1. The van der Waals surface area contributed by atoms with E-state index in [4.69, 9.17) is 5.11 Å². The maximum Gasteiger partial charge on any atom is 0.115 e. The number of aromatic amines is 1. The van der Waals surface area contributed by atoms with Gasteiger partial charge in [0, 0.05) is 35.4 Å². The van der Waals surface area contributed by atoms with Gasteiger partial charge in [0.05, 0.1) is 0 Å². The molecule has 2 heterocycles. The quantitative estimate of drug-likeness (QED) is 0.220. The van der Waals surface area contributed by atoms with Crippen LogP contribution in [0.1, 0.15) is 106 Å². The summed E-state index contributed by atoms with van der Waals surface area (Å²) in [5, 5.41) is 10.4. The van der Waals surface area contributed by atoms with Gasteiger partial charge in [-0.05, 0) is 83.2 Å². The van der Waals surface area contributed by atoms with Gasteiger partial charge in [-0.15, -0.1) is 0 Å². The normalized spacial score (nSPS) is 12.3. The minimum atomic E-state index is 0. The van der Waals surface area contributed by atoms with Gasteiger partial charge in [0.25, 0.3) is 0 Å². The number of allylic oxidation sites excluding steroid dienone is 2. The van der Waals surface area contributed by atoms with Crippen LogP contribution in [-0.2, 0) is 19.3 Å². The van der Waals surface area contributed by atoms with Crippen molar-refractivity contribution in [2.75, 3.05) is 0 Å². The molecule has 1 aromatic heterocycles. The summed E-state index contributed by atoms with van der Waals surface area (Å²) in [6.07, 6.45) is 11.8. The Morgan fingerprint density at radius 1 is 0.696 bits per heavy atom. The van der Waals surface area contributed by atoms with Crippen LogP contribution in [0, 0.1) is 22.7 Å². The van der Waals surface area contributed by atoms with Crippen molar-refractivity contribution in [1.82, 2.24) is 4.98 Å². The van der Waals surface area contributed by atoms with Gasteiger partial charge in [0.2, 0.25) is 0 Å². The molecule has 5 rings (SSSR count). The van der Waals surface area contributed by atoms with E-state index >= 15 is 0 Å². The van der Waals surface area contributed by atoms with Gasteiger partial charge in [0.1, 0.15) is 5.75 Å². The fourth-order valence-corrected chi connectivity index (χ4v) is 5.11. The first kappa shape index (κ1) is 40.4. The van der Waals surface area contributed by atoms with Crippen molar-refractivity contribution >= 4 is 17.1 Å². The van der Waals surface area contributed by atoms with Crippen LogP contribution in [-0.4, -0.2) is 16.3 Å². The molecule has 0 amide bonds. The van der Waals surface area contributed by atoms with Crippen LogP contribution in [0.4, 0.5) is 0 Å². The fraction of sp³-hybridized carbons (Fsp3) is 0.465. The molecule has 3 nitrogen and oxygen atoms in total. The molecule has 0 unspecified atom stereocenters. The summed E-state index contributed by atoms with van der Waals surface area (Å²) in [6.45, 7) is 22.4. The molecule has 0 atom stereocenters. The molecule has 0 aliphatic carbocycles. The number of rotatable bonds is 6. The Kier molecular flexibility index (Phi) is 17.4. The largest absolute Gasteiger partial charge is 0.508 e. The lowest BCUT2D eigenvalue weighted by Gasteiger charge is -2.17. The predicted octanol–water partition coefficient (Wildman–Crippen LogP) is 12.6. The number of phenolic OH excluding ortho intramolecular Hbond substituents is 1. The summed E-state index contributed by atoms with van der Waals surface area (Å²) in [6, 6.07) is 26.5. The first-order chi connectivity index (χ1) is 21.1. The molecule has 46 heavy (non-hydrogen) atoms. The Morgan fingerprint density at radius 3 is 1.72 bits per heavy atom. The summed E-state index contributed by atoms with van der Waals surface area (Å²) in [5.74, 6) is 1.79. The molecule has 0 saturated heterocycles. The Balaban J connectivity index is 0.000000308. The van der Waals surface area contributed by atoms with Gasteiger partial charge < -0.3 is 10.1 Å². The maximum absolute atomic E-state index is 8.99. The van der Waals surface area contributed by atoms with Crippen molar-refractivity contribution in [2.24, 2.45) is 27.7 Å². The average molecular weight is 625 g/mol. The molecule has 0 saturated carbocycles. The minimum absolute atomic E-state index is 0. The number of hydrogen-bond acceptors (Lipinski definition) is 2. The third kappa shape index (κ3) is 17.8. The van der Waals surface area contributed by atoms with Crippen LogP contribution < -0.4 is 0 Å². The lowest BCUT2D eigenvalue weighted by atomic mass is 9.88. The fourth-order valence-electron chi connectivity index (χ4n) is 5.11. The van der Waals surface area contributed by atoms with E-state index in [0.29, 0.717) is 22.5 Å². The second-order valence-corrected chi connectivity index (χ2v) is 15.4. The van der Waals surface area contributed by atoms with E-state index in [1.54, 1.807) is 12.1 Å². The summed E-state index contributed by atoms with van der Waals surface area (Å²) < 4.78 is 0. The molecule has 2 N–H and O–H groups in total. The van der Waals surface area contributed by atoms with Crippen molar-refractivity contribution < 1.29 is 5.11 Å². The Bertz CT molecular complexity index is 1430. The molecule has 1 aliphatic heterocycles. The summed E-state index contributed by atoms with van der Waals surface area (Å²) >= 11 is 0. The van der Waals surface area contributed by atoms with Gasteiger partial charge in [-0.3, -0.25) is 4.99 Å². The summed E-state index contributed by atoms with van der Waals surface area (Å²) in [7, 11) is 0. The number of benzene rings is 3. The van der Waals surface area contributed by atoms with Crippen LogP contribution in [0.25, 0.3) is 10.9 Å². The molecular weight excluding hydrogens is 560 g/mol. The topological polar surface area (TPSA) is 48.4 Å². The zero-order valence-electron chi connectivity index (χ0n) is 29.8. The van der Waals surface area contributed by atoms with Gasteiger partial charge in [-0.1, -0.05) is 143 Å². The Labute approximate surface area is 282 Å². The second-order valence-electron chi connectivity index (χ2n) is 15.4. The molecule has 0 radical (unpaired) electrons. The van der Waals surface area contributed by atoms with E-state index in [1.165, 1.54) is 39.7 Å². The number of aromatic nitrogens is 1. The van der Waals surface area contributed by atoms with Gasteiger partial charge in [-0.25, -0.2) is 0 Å². The van der Waals surface area contributed by atoms with E-state index in [0.717, 1.165) is 31.6 Å². The molecule has 0 bridgehead atoms. The van der Waals surface area contributed by atoms with E-state index in [1.807, 2.05) is 18.3 Å². The van der Waals surface area contributed by atoms with Crippen molar-refractivity contribution in [1.29, 1.82) is 0 Å². The van der Waals surface area contributed by atoms with Crippen molar-refractivity contribution in [3.63, 3.8) is 0 Å². The Hall–Kier alpha value is -3.59. The van der Waals surface area contributed by atoms with Crippen LogP contribution in [0.5, 0.6) is 5.75 Å². The van der Waals surface area contributed by atoms with Crippen LogP contribution in [0.15, 0.2) is 102 Å². The number of hydrogen-bond donors (Lipinski definition) is 2. The first-order valence-electron chi connectivity index (χ1n) is 16.7. The van der Waals surface area contributed by atoms with Gasteiger partial charge in [-0.2, -0.15) is 0 Å². The molecule has 3 aromatic carbocycles. The molecule has 3 heteroatoms. The molecule has 0 spiro atoms. The number of nitrogens with zero attached hydrogens (tertiary/aromatic N) is 1. The molecule has 4 aromatic rings. The third-order valence-electron chi connectivity index (χ3n) is 6.89. The third-order valence-corrected chi connectivity index (χ3v) is 6.89. The standard InChI is InChI=1S/C13H17N.C10H14O.C10H14.C9H15N.CH4/c1-13(2,3)8-10-9-14-12-7-5-4-6-11(10)12;1-8(2)7-9-3-5-10(11)6-4-9;1-9(2)8-10-6-4-3-5-7-10;1-9(2,3)7-8-5-4-6-10-8;/h4-7,9,14H,8H2,1-3H3;3-6,8,11H,7H2,1-2H3;3-7,9H,8H2,1-2H3;5-6H,4,7H2,1-3H3;1H4.